The maximum atomic E-state index is 10.6. The van der Waals surface area contributed by atoms with Crippen molar-refractivity contribution in [3.63, 3.8) is 0 Å². The molecule has 0 heterocycles. The summed E-state index contributed by atoms with van der Waals surface area (Å²) in [6, 6.07) is 13.6. The van der Waals surface area contributed by atoms with Crippen molar-refractivity contribution >= 4 is 41.0 Å². The van der Waals surface area contributed by atoms with E-state index in [1.807, 2.05) is 42.5 Å². The Hall–Kier alpha value is -0.900. The third kappa shape index (κ3) is 1.88. The minimum atomic E-state index is 0. The molecule has 0 saturated carbocycles. The molecule has 0 spiro atoms. The van der Waals surface area contributed by atoms with Gasteiger partial charge in [-0.2, -0.15) is 0 Å². The van der Waals surface area contributed by atoms with Crippen LogP contribution in [-0.4, -0.2) is 6.29 Å². The van der Waals surface area contributed by atoms with Crippen LogP contribution in [0.5, 0.6) is 0 Å². The van der Waals surface area contributed by atoms with Crippen LogP contribution in [0.1, 0.15) is 10.4 Å². The second-order valence-electron chi connectivity index (χ2n) is 2.69. The van der Waals surface area contributed by atoms with Gasteiger partial charge in [0.1, 0.15) is 0 Å². The van der Waals surface area contributed by atoms with Gasteiger partial charge in [0.05, 0.1) is 0 Å². The van der Waals surface area contributed by atoms with Gasteiger partial charge in [0.15, 0.2) is 6.29 Å². The van der Waals surface area contributed by atoms with Crippen molar-refractivity contribution < 1.29 is 4.79 Å². The quantitative estimate of drug-likeness (QED) is 0.580. The molecule has 0 aliphatic heterocycles. The first-order chi connectivity index (χ1) is 5.92. The Bertz CT molecular complexity index is 418. The predicted molar refractivity (Wildman–Crippen MR) is 64.8 cm³/mol. The highest BCUT2D eigenvalue weighted by atomic mass is 127. The van der Waals surface area contributed by atoms with Gasteiger partial charge in [-0.05, 0) is 10.8 Å². The Kier molecular flexibility index (Phi) is 3.42. The van der Waals surface area contributed by atoms with Gasteiger partial charge in [-0.1, -0.05) is 42.5 Å². The molecular formula is C11H9IO. The lowest BCUT2D eigenvalue weighted by atomic mass is 10.1. The van der Waals surface area contributed by atoms with Crippen molar-refractivity contribution in [2.75, 3.05) is 0 Å². The third-order valence-corrected chi connectivity index (χ3v) is 1.95. The van der Waals surface area contributed by atoms with Crippen LogP contribution >= 0.6 is 24.0 Å². The molecule has 0 bridgehead atoms. The first-order valence-electron chi connectivity index (χ1n) is 3.85. The first-order valence-corrected chi connectivity index (χ1v) is 3.85. The van der Waals surface area contributed by atoms with E-state index in [9.17, 15) is 4.79 Å². The summed E-state index contributed by atoms with van der Waals surface area (Å²) < 4.78 is 0. The monoisotopic (exact) mass is 284 g/mol. The van der Waals surface area contributed by atoms with Crippen LogP contribution in [0.3, 0.4) is 0 Å². The van der Waals surface area contributed by atoms with Crippen molar-refractivity contribution in [2.24, 2.45) is 0 Å². The van der Waals surface area contributed by atoms with Gasteiger partial charge in [-0.15, -0.1) is 24.0 Å². The molecule has 2 rings (SSSR count). The zero-order valence-corrected chi connectivity index (χ0v) is 9.27. The molecule has 2 aromatic carbocycles. The summed E-state index contributed by atoms with van der Waals surface area (Å²) in [6.45, 7) is 0. The van der Waals surface area contributed by atoms with Crippen LogP contribution in [0.15, 0.2) is 42.5 Å². The molecule has 66 valence electrons. The van der Waals surface area contributed by atoms with Gasteiger partial charge in [-0.25, -0.2) is 0 Å². The van der Waals surface area contributed by atoms with Crippen LogP contribution in [-0.2, 0) is 0 Å². The largest absolute Gasteiger partial charge is 0.298 e. The maximum absolute atomic E-state index is 10.6. The van der Waals surface area contributed by atoms with Gasteiger partial charge in [0, 0.05) is 5.56 Å². The van der Waals surface area contributed by atoms with E-state index in [1.165, 1.54) is 0 Å². The van der Waals surface area contributed by atoms with E-state index in [1.54, 1.807) is 0 Å². The van der Waals surface area contributed by atoms with Gasteiger partial charge in [0.2, 0.25) is 0 Å². The van der Waals surface area contributed by atoms with E-state index in [0.717, 1.165) is 22.6 Å². The lowest BCUT2D eigenvalue weighted by molar-refractivity contribution is 0.112. The lowest BCUT2D eigenvalue weighted by Gasteiger charge is -1.98. The molecule has 0 aromatic heterocycles. The first kappa shape index (κ1) is 10.2. The summed E-state index contributed by atoms with van der Waals surface area (Å²) in [4.78, 5) is 10.6. The van der Waals surface area contributed by atoms with Gasteiger partial charge < -0.3 is 0 Å². The zero-order chi connectivity index (χ0) is 8.39. The molecule has 1 nitrogen and oxygen atoms in total. The summed E-state index contributed by atoms with van der Waals surface area (Å²) in [5.74, 6) is 0. The smallest absolute Gasteiger partial charge is 0.150 e. The molecule has 0 N–H and O–H groups in total. The SMILES string of the molecule is I.O=Cc1cccc2ccccc12. The highest BCUT2D eigenvalue weighted by Gasteiger charge is 1.96. The number of fused-ring (bicyclic) bond motifs is 1. The molecule has 0 fully saturated rings. The van der Waals surface area contributed by atoms with Crippen LogP contribution < -0.4 is 0 Å². The van der Waals surface area contributed by atoms with E-state index >= 15 is 0 Å². The molecule has 0 aliphatic rings. The summed E-state index contributed by atoms with van der Waals surface area (Å²) in [6.07, 6.45) is 0.891. The Morgan fingerprint density at radius 2 is 1.62 bits per heavy atom. The number of hydrogen-bond acceptors (Lipinski definition) is 1. The number of aldehydes is 1. The molecule has 0 aliphatic carbocycles. The molecule has 0 atom stereocenters. The highest BCUT2D eigenvalue weighted by molar-refractivity contribution is 14.0. The summed E-state index contributed by atoms with van der Waals surface area (Å²) >= 11 is 0. The lowest BCUT2D eigenvalue weighted by Crippen LogP contribution is -1.81. The molecule has 13 heavy (non-hydrogen) atoms. The van der Waals surface area contributed by atoms with Crippen molar-refractivity contribution in [1.82, 2.24) is 0 Å². The van der Waals surface area contributed by atoms with E-state index in [2.05, 4.69) is 0 Å². The number of halogens is 1. The molecule has 2 heteroatoms. The topological polar surface area (TPSA) is 17.1 Å². The normalized spacial score (nSPS) is 9.23. The average molecular weight is 284 g/mol. The van der Waals surface area contributed by atoms with Gasteiger partial charge in [-0.3, -0.25) is 4.79 Å². The van der Waals surface area contributed by atoms with Crippen LogP contribution in [0.25, 0.3) is 10.8 Å². The second-order valence-corrected chi connectivity index (χ2v) is 2.69. The number of carbonyl (C=O) groups excluding carboxylic acids is 1. The number of hydrogen-bond donors (Lipinski definition) is 0. The predicted octanol–water partition coefficient (Wildman–Crippen LogP) is 3.27. The van der Waals surface area contributed by atoms with Crippen LogP contribution in [0.4, 0.5) is 0 Å². The number of rotatable bonds is 1. The minimum Gasteiger partial charge on any atom is -0.298 e. The summed E-state index contributed by atoms with van der Waals surface area (Å²) in [5, 5.41) is 2.14. The van der Waals surface area contributed by atoms with Crippen molar-refractivity contribution in [3.05, 3.63) is 48.0 Å². The summed E-state index contributed by atoms with van der Waals surface area (Å²) in [5.41, 5.74) is 0.758. The van der Waals surface area contributed by atoms with E-state index < -0.39 is 0 Å². The fourth-order valence-electron chi connectivity index (χ4n) is 1.35. The zero-order valence-electron chi connectivity index (χ0n) is 6.94. The Morgan fingerprint density at radius 1 is 0.923 bits per heavy atom. The van der Waals surface area contributed by atoms with Crippen molar-refractivity contribution in [2.45, 2.75) is 0 Å². The van der Waals surface area contributed by atoms with Crippen molar-refractivity contribution in [3.8, 4) is 0 Å². The van der Waals surface area contributed by atoms with Gasteiger partial charge in [0.25, 0.3) is 0 Å². The number of benzene rings is 2. The molecule has 2 aromatic rings. The van der Waals surface area contributed by atoms with Gasteiger partial charge >= 0.3 is 0 Å². The maximum Gasteiger partial charge on any atom is 0.150 e. The molecular weight excluding hydrogens is 275 g/mol. The van der Waals surface area contributed by atoms with E-state index in [-0.39, 0.29) is 24.0 Å². The number of carbonyl (C=O) groups is 1. The molecule has 0 radical (unpaired) electrons. The third-order valence-electron chi connectivity index (χ3n) is 1.95. The Balaban J connectivity index is 0.000000845. The van der Waals surface area contributed by atoms with Crippen LogP contribution in [0, 0.1) is 0 Å². The second kappa shape index (κ2) is 4.37. The molecule has 0 amide bonds. The van der Waals surface area contributed by atoms with Crippen LogP contribution in [0.2, 0.25) is 0 Å². The molecule has 0 saturated heterocycles. The van der Waals surface area contributed by atoms with Crippen molar-refractivity contribution in [1.29, 1.82) is 0 Å². The minimum absolute atomic E-state index is 0. The molecule has 0 unspecified atom stereocenters. The average Bonchev–Trinajstić information content (AvgIpc) is 2.17. The van der Waals surface area contributed by atoms with E-state index in [4.69, 9.17) is 0 Å². The highest BCUT2D eigenvalue weighted by Crippen LogP contribution is 2.16. The fourth-order valence-corrected chi connectivity index (χ4v) is 1.35. The Morgan fingerprint density at radius 3 is 2.38 bits per heavy atom. The fraction of sp³-hybridized carbons (Fsp3) is 0. The Labute approximate surface area is 93.8 Å². The van der Waals surface area contributed by atoms with E-state index in [0.29, 0.717) is 0 Å². The summed E-state index contributed by atoms with van der Waals surface area (Å²) in [7, 11) is 0. The standard InChI is InChI=1S/C11H8O.HI/c12-8-10-6-3-5-9-4-1-2-7-11(9)10;/h1-8H;1H.